The van der Waals surface area contributed by atoms with Crippen LogP contribution in [0.2, 0.25) is 0 Å². The van der Waals surface area contributed by atoms with Gasteiger partial charge in [0.25, 0.3) is 0 Å². The Bertz CT molecular complexity index is 620. The van der Waals surface area contributed by atoms with Gasteiger partial charge in [-0.05, 0) is 41.5 Å². The summed E-state index contributed by atoms with van der Waals surface area (Å²) < 4.78 is 0. The SMILES string of the molecule is CCCCCCC1=Cc2cccc(-c3ccccc3)c2C1. The summed E-state index contributed by atoms with van der Waals surface area (Å²) in [4.78, 5) is 0. The van der Waals surface area contributed by atoms with Crippen molar-refractivity contribution in [1.82, 2.24) is 0 Å². The van der Waals surface area contributed by atoms with E-state index in [2.05, 4.69) is 61.5 Å². The van der Waals surface area contributed by atoms with E-state index < -0.39 is 0 Å². The monoisotopic (exact) mass is 276 g/mol. The molecule has 0 amide bonds. The maximum Gasteiger partial charge on any atom is -0.00517 e. The first-order valence-electron chi connectivity index (χ1n) is 8.25. The van der Waals surface area contributed by atoms with Crippen molar-refractivity contribution in [2.45, 2.75) is 45.4 Å². The molecule has 0 saturated carbocycles. The van der Waals surface area contributed by atoms with Crippen molar-refractivity contribution < 1.29 is 0 Å². The van der Waals surface area contributed by atoms with Crippen LogP contribution in [-0.2, 0) is 6.42 Å². The fourth-order valence-corrected chi connectivity index (χ4v) is 3.26. The van der Waals surface area contributed by atoms with Gasteiger partial charge in [0, 0.05) is 0 Å². The summed E-state index contributed by atoms with van der Waals surface area (Å²) in [5.74, 6) is 0. The Balaban J connectivity index is 1.75. The van der Waals surface area contributed by atoms with Gasteiger partial charge >= 0.3 is 0 Å². The average molecular weight is 276 g/mol. The third-order valence-electron chi connectivity index (χ3n) is 4.41. The minimum Gasteiger partial charge on any atom is -0.0654 e. The molecule has 0 atom stereocenters. The maximum atomic E-state index is 2.42. The van der Waals surface area contributed by atoms with Gasteiger partial charge in [-0.2, -0.15) is 0 Å². The van der Waals surface area contributed by atoms with Gasteiger partial charge in [-0.15, -0.1) is 0 Å². The summed E-state index contributed by atoms with van der Waals surface area (Å²) in [6, 6.07) is 17.5. The van der Waals surface area contributed by atoms with Crippen LogP contribution in [0.5, 0.6) is 0 Å². The minimum absolute atomic E-state index is 1.15. The molecule has 3 rings (SSSR count). The number of rotatable bonds is 6. The van der Waals surface area contributed by atoms with Crippen molar-refractivity contribution in [3.05, 3.63) is 65.2 Å². The zero-order valence-corrected chi connectivity index (χ0v) is 12.9. The van der Waals surface area contributed by atoms with E-state index in [0.717, 1.165) is 6.42 Å². The first kappa shape index (κ1) is 14.1. The zero-order chi connectivity index (χ0) is 14.5. The number of allylic oxidation sites excluding steroid dienone is 1. The molecule has 0 heterocycles. The van der Waals surface area contributed by atoms with Crippen LogP contribution in [-0.4, -0.2) is 0 Å². The van der Waals surface area contributed by atoms with E-state index in [0.29, 0.717) is 0 Å². The molecule has 1 aliphatic carbocycles. The van der Waals surface area contributed by atoms with Gasteiger partial charge in [-0.3, -0.25) is 0 Å². The Hall–Kier alpha value is -1.82. The molecule has 0 aromatic heterocycles. The number of fused-ring (bicyclic) bond motifs is 1. The Kier molecular flexibility index (Phi) is 4.55. The number of hydrogen-bond donors (Lipinski definition) is 0. The van der Waals surface area contributed by atoms with E-state index in [1.807, 2.05) is 0 Å². The van der Waals surface area contributed by atoms with E-state index in [4.69, 9.17) is 0 Å². The van der Waals surface area contributed by atoms with Crippen molar-refractivity contribution >= 4 is 6.08 Å². The highest BCUT2D eigenvalue weighted by molar-refractivity contribution is 5.77. The summed E-state index contributed by atoms with van der Waals surface area (Å²) in [5.41, 5.74) is 7.32. The second-order valence-electron chi connectivity index (χ2n) is 6.03. The Morgan fingerprint density at radius 2 is 1.71 bits per heavy atom. The van der Waals surface area contributed by atoms with Crippen LogP contribution in [0.15, 0.2) is 54.1 Å². The first-order valence-corrected chi connectivity index (χ1v) is 8.25. The second-order valence-corrected chi connectivity index (χ2v) is 6.03. The van der Waals surface area contributed by atoms with Crippen LogP contribution in [0.4, 0.5) is 0 Å². The van der Waals surface area contributed by atoms with E-state index in [9.17, 15) is 0 Å². The Morgan fingerprint density at radius 3 is 2.52 bits per heavy atom. The predicted octanol–water partition coefficient (Wildman–Crippen LogP) is 6.26. The molecular formula is C21H24. The van der Waals surface area contributed by atoms with E-state index in [-0.39, 0.29) is 0 Å². The quantitative estimate of drug-likeness (QED) is 0.546. The summed E-state index contributed by atoms with van der Waals surface area (Å²) in [5, 5.41) is 0. The standard InChI is InChI=1S/C21H24/c1-2-3-4-6-10-17-15-19-13-9-14-20(21(19)16-17)18-11-7-5-8-12-18/h5,7-9,11-15H,2-4,6,10,16H2,1H3. The van der Waals surface area contributed by atoms with E-state index >= 15 is 0 Å². The van der Waals surface area contributed by atoms with Crippen LogP contribution >= 0.6 is 0 Å². The smallest absolute Gasteiger partial charge is 0.00517 e. The number of unbranched alkanes of at least 4 members (excludes halogenated alkanes) is 3. The molecule has 2 aromatic rings. The molecule has 0 radical (unpaired) electrons. The number of hydrogen-bond acceptors (Lipinski definition) is 0. The predicted molar refractivity (Wildman–Crippen MR) is 92.3 cm³/mol. The highest BCUT2D eigenvalue weighted by atomic mass is 14.2. The third kappa shape index (κ3) is 3.26. The fourth-order valence-electron chi connectivity index (χ4n) is 3.26. The normalized spacial score (nSPS) is 13.1. The van der Waals surface area contributed by atoms with Crippen LogP contribution in [0, 0.1) is 0 Å². The van der Waals surface area contributed by atoms with Crippen molar-refractivity contribution in [2.24, 2.45) is 0 Å². The second kappa shape index (κ2) is 6.76. The molecule has 0 nitrogen and oxygen atoms in total. The lowest BCUT2D eigenvalue weighted by molar-refractivity contribution is 0.662. The van der Waals surface area contributed by atoms with Gasteiger partial charge < -0.3 is 0 Å². The Labute approximate surface area is 128 Å². The molecule has 1 aliphatic rings. The lowest BCUT2D eigenvalue weighted by atomic mass is 9.95. The van der Waals surface area contributed by atoms with Crippen molar-refractivity contribution in [1.29, 1.82) is 0 Å². The van der Waals surface area contributed by atoms with Crippen LogP contribution < -0.4 is 0 Å². The molecule has 0 spiro atoms. The van der Waals surface area contributed by atoms with Gasteiger partial charge in [0.2, 0.25) is 0 Å². The van der Waals surface area contributed by atoms with E-state index in [1.54, 1.807) is 5.57 Å². The zero-order valence-electron chi connectivity index (χ0n) is 12.9. The van der Waals surface area contributed by atoms with Crippen LogP contribution in [0.3, 0.4) is 0 Å². The summed E-state index contributed by atoms with van der Waals surface area (Å²) >= 11 is 0. The molecule has 0 bridgehead atoms. The molecule has 21 heavy (non-hydrogen) atoms. The molecule has 108 valence electrons. The van der Waals surface area contributed by atoms with Gasteiger partial charge in [0.05, 0.1) is 0 Å². The number of benzene rings is 2. The van der Waals surface area contributed by atoms with Gasteiger partial charge in [-0.1, -0.05) is 86.4 Å². The van der Waals surface area contributed by atoms with Crippen molar-refractivity contribution in [3.8, 4) is 11.1 Å². The van der Waals surface area contributed by atoms with Crippen LogP contribution in [0.1, 0.15) is 50.2 Å². The van der Waals surface area contributed by atoms with Crippen molar-refractivity contribution in [2.75, 3.05) is 0 Å². The maximum absolute atomic E-state index is 2.42. The minimum atomic E-state index is 1.15. The van der Waals surface area contributed by atoms with Gasteiger partial charge in [0.1, 0.15) is 0 Å². The van der Waals surface area contributed by atoms with E-state index in [1.165, 1.54) is 54.4 Å². The van der Waals surface area contributed by atoms with Crippen LogP contribution in [0.25, 0.3) is 17.2 Å². The molecule has 0 N–H and O–H groups in total. The lowest BCUT2D eigenvalue weighted by Gasteiger charge is -2.09. The topological polar surface area (TPSA) is 0 Å². The van der Waals surface area contributed by atoms with Gasteiger partial charge in [-0.25, -0.2) is 0 Å². The summed E-state index contributed by atoms with van der Waals surface area (Å²) in [6.45, 7) is 2.27. The summed E-state index contributed by atoms with van der Waals surface area (Å²) in [7, 11) is 0. The molecule has 0 aliphatic heterocycles. The average Bonchev–Trinajstić information content (AvgIpc) is 2.95. The highest BCUT2D eigenvalue weighted by Gasteiger charge is 2.16. The molecule has 2 aromatic carbocycles. The van der Waals surface area contributed by atoms with Gasteiger partial charge in [0.15, 0.2) is 0 Å². The third-order valence-corrected chi connectivity index (χ3v) is 4.41. The molecule has 0 unspecified atom stereocenters. The lowest BCUT2D eigenvalue weighted by Crippen LogP contribution is -1.90. The Morgan fingerprint density at radius 1 is 0.857 bits per heavy atom. The summed E-state index contributed by atoms with van der Waals surface area (Å²) in [6.07, 6.45) is 10.2. The molecular weight excluding hydrogens is 252 g/mol. The fraction of sp³-hybridized carbons (Fsp3) is 0.333. The highest BCUT2D eigenvalue weighted by Crippen LogP contribution is 2.35. The van der Waals surface area contributed by atoms with Crippen molar-refractivity contribution in [3.63, 3.8) is 0 Å². The molecule has 0 heteroatoms. The first-order chi connectivity index (χ1) is 10.4. The molecule has 0 saturated heterocycles. The largest absolute Gasteiger partial charge is 0.0654 e. The molecule has 0 fully saturated rings.